The van der Waals surface area contributed by atoms with Crippen LogP contribution in [0.4, 0.5) is 8.78 Å². The van der Waals surface area contributed by atoms with Crippen molar-refractivity contribution < 1.29 is 13.6 Å². The molecule has 1 aromatic heterocycles. The minimum atomic E-state index is -0.549. The van der Waals surface area contributed by atoms with Crippen LogP contribution in [0.15, 0.2) is 18.2 Å². The van der Waals surface area contributed by atoms with E-state index in [1.807, 2.05) is 0 Å². The van der Waals surface area contributed by atoms with Gasteiger partial charge in [0.2, 0.25) is 0 Å². The summed E-state index contributed by atoms with van der Waals surface area (Å²) in [6, 6.07) is 3.16. The van der Waals surface area contributed by atoms with Crippen LogP contribution in [0.25, 0.3) is 10.6 Å². The number of rotatable bonds is 2. The number of hydrogen-bond acceptors (Lipinski definition) is 3. The maximum Gasteiger partial charge on any atom is 0.161 e. The van der Waals surface area contributed by atoms with Gasteiger partial charge in [-0.2, -0.15) is 0 Å². The molecule has 2 rings (SSSR count). The number of benzene rings is 1. The molecule has 5 heteroatoms. The van der Waals surface area contributed by atoms with Gasteiger partial charge in [0.25, 0.3) is 0 Å². The van der Waals surface area contributed by atoms with Gasteiger partial charge in [-0.15, -0.1) is 11.3 Å². The molecule has 0 aliphatic heterocycles. The van der Waals surface area contributed by atoms with E-state index in [4.69, 9.17) is 0 Å². The van der Waals surface area contributed by atoms with Crippen molar-refractivity contribution in [2.24, 2.45) is 0 Å². The molecule has 82 valence electrons. The second kappa shape index (κ2) is 4.09. The summed E-state index contributed by atoms with van der Waals surface area (Å²) in [6.07, 6.45) is 0.660. The van der Waals surface area contributed by atoms with Crippen LogP contribution < -0.4 is 0 Å². The van der Waals surface area contributed by atoms with E-state index in [1.54, 1.807) is 6.92 Å². The lowest BCUT2D eigenvalue weighted by molar-refractivity contribution is 0.112. The van der Waals surface area contributed by atoms with Crippen molar-refractivity contribution in [1.82, 2.24) is 4.98 Å². The number of aromatic nitrogens is 1. The van der Waals surface area contributed by atoms with Crippen LogP contribution in [0.1, 0.15) is 15.4 Å². The third kappa shape index (κ3) is 1.86. The Morgan fingerprint density at radius 2 is 2.12 bits per heavy atom. The Labute approximate surface area is 94.6 Å². The first-order valence-electron chi connectivity index (χ1n) is 4.50. The van der Waals surface area contributed by atoms with Gasteiger partial charge in [-0.1, -0.05) is 0 Å². The lowest BCUT2D eigenvalue weighted by atomic mass is 10.2. The Bertz CT molecular complexity index is 551. The van der Waals surface area contributed by atoms with Crippen LogP contribution in [0.3, 0.4) is 0 Å². The summed E-state index contributed by atoms with van der Waals surface area (Å²) in [7, 11) is 0. The van der Waals surface area contributed by atoms with E-state index >= 15 is 0 Å². The Kier molecular flexibility index (Phi) is 2.78. The van der Waals surface area contributed by atoms with Crippen molar-refractivity contribution in [3.8, 4) is 10.6 Å². The number of halogens is 2. The molecule has 0 saturated heterocycles. The van der Waals surface area contributed by atoms with Gasteiger partial charge in [0.05, 0.1) is 10.6 Å². The fraction of sp³-hybridized carbons (Fsp3) is 0.0909. The standard InChI is InChI=1S/C11H7F2NOS/c1-6-10(5-15)16-11(14-6)8-4-7(12)2-3-9(8)13/h2-5H,1H3. The fourth-order valence-corrected chi connectivity index (χ4v) is 2.19. The van der Waals surface area contributed by atoms with Crippen molar-refractivity contribution in [3.05, 3.63) is 40.4 Å². The minimum Gasteiger partial charge on any atom is -0.297 e. The smallest absolute Gasteiger partial charge is 0.161 e. The molecule has 1 heterocycles. The SMILES string of the molecule is Cc1nc(-c2cc(F)ccc2F)sc1C=O. The number of aryl methyl sites for hydroxylation is 1. The second-order valence-corrected chi connectivity index (χ2v) is 4.24. The van der Waals surface area contributed by atoms with E-state index in [2.05, 4.69) is 4.98 Å². The zero-order chi connectivity index (χ0) is 11.7. The molecular formula is C11H7F2NOS. The molecule has 2 nitrogen and oxygen atoms in total. The lowest BCUT2D eigenvalue weighted by Crippen LogP contribution is -1.85. The number of carbonyl (C=O) groups is 1. The maximum atomic E-state index is 13.4. The molecule has 1 aromatic carbocycles. The highest BCUT2D eigenvalue weighted by molar-refractivity contribution is 7.16. The molecule has 0 aliphatic carbocycles. The lowest BCUT2D eigenvalue weighted by Gasteiger charge is -1.98. The summed E-state index contributed by atoms with van der Waals surface area (Å²) in [5.74, 6) is -1.08. The van der Waals surface area contributed by atoms with E-state index < -0.39 is 11.6 Å². The van der Waals surface area contributed by atoms with Gasteiger partial charge in [0.1, 0.15) is 16.6 Å². The zero-order valence-electron chi connectivity index (χ0n) is 8.33. The van der Waals surface area contributed by atoms with Crippen molar-refractivity contribution in [1.29, 1.82) is 0 Å². The highest BCUT2D eigenvalue weighted by atomic mass is 32.1. The maximum absolute atomic E-state index is 13.4. The predicted octanol–water partition coefficient (Wildman–Crippen LogP) is 3.21. The van der Waals surface area contributed by atoms with E-state index in [0.717, 1.165) is 29.5 Å². The average Bonchev–Trinajstić information content (AvgIpc) is 2.63. The molecule has 0 spiro atoms. The number of nitrogens with zero attached hydrogens (tertiary/aromatic N) is 1. The summed E-state index contributed by atoms with van der Waals surface area (Å²) in [4.78, 5) is 15.1. The Morgan fingerprint density at radius 1 is 1.38 bits per heavy atom. The monoisotopic (exact) mass is 239 g/mol. The van der Waals surface area contributed by atoms with Crippen molar-refractivity contribution in [2.75, 3.05) is 0 Å². The van der Waals surface area contributed by atoms with Gasteiger partial charge in [-0.25, -0.2) is 13.8 Å². The molecule has 0 N–H and O–H groups in total. The first-order valence-corrected chi connectivity index (χ1v) is 5.31. The molecule has 0 atom stereocenters. The van der Waals surface area contributed by atoms with Gasteiger partial charge in [-0.05, 0) is 25.1 Å². The topological polar surface area (TPSA) is 30.0 Å². The Balaban J connectivity index is 2.57. The van der Waals surface area contributed by atoms with Gasteiger partial charge < -0.3 is 0 Å². The van der Waals surface area contributed by atoms with Gasteiger partial charge in [0, 0.05) is 5.56 Å². The summed E-state index contributed by atoms with van der Waals surface area (Å²) in [6.45, 7) is 1.65. The van der Waals surface area contributed by atoms with Gasteiger partial charge in [0.15, 0.2) is 6.29 Å². The number of thiazole rings is 1. The summed E-state index contributed by atoms with van der Waals surface area (Å²) in [5.41, 5.74) is 0.611. The van der Waals surface area contributed by atoms with E-state index in [9.17, 15) is 13.6 Å². The molecule has 0 bridgehead atoms. The minimum absolute atomic E-state index is 0.0844. The molecule has 0 fully saturated rings. The highest BCUT2D eigenvalue weighted by Crippen LogP contribution is 2.29. The zero-order valence-corrected chi connectivity index (χ0v) is 9.15. The molecular weight excluding hydrogens is 232 g/mol. The van der Waals surface area contributed by atoms with Crippen LogP contribution in [0.2, 0.25) is 0 Å². The molecule has 2 aromatic rings. The van der Waals surface area contributed by atoms with Crippen LogP contribution in [0, 0.1) is 18.6 Å². The fourth-order valence-electron chi connectivity index (χ4n) is 1.29. The second-order valence-electron chi connectivity index (χ2n) is 3.21. The quantitative estimate of drug-likeness (QED) is 0.753. The average molecular weight is 239 g/mol. The van der Waals surface area contributed by atoms with Crippen molar-refractivity contribution in [2.45, 2.75) is 6.92 Å². The van der Waals surface area contributed by atoms with Gasteiger partial charge >= 0.3 is 0 Å². The first-order chi connectivity index (χ1) is 7.61. The summed E-state index contributed by atoms with van der Waals surface area (Å²) in [5, 5.41) is 0.316. The summed E-state index contributed by atoms with van der Waals surface area (Å²) >= 11 is 1.05. The normalized spacial score (nSPS) is 10.4. The molecule has 0 radical (unpaired) electrons. The van der Waals surface area contributed by atoms with Crippen LogP contribution >= 0.6 is 11.3 Å². The Hall–Kier alpha value is -1.62. The summed E-state index contributed by atoms with van der Waals surface area (Å²) < 4.78 is 26.4. The van der Waals surface area contributed by atoms with E-state index in [-0.39, 0.29) is 5.56 Å². The number of hydrogen-bond donors (Lipinski definition) is 0. The van der Waals surface area contributed by atoms with Gasteiger partial charge in [-0.3, -0.25) is 4.79 Å². The van der Waals surface area contributed by atoms with Crippen LogP contribution in [-0.2, 0) is 0 Å². The molecule has 16 heavy (non-hydrogen) atoms. The third-order valence-electron chi connectivity index (χ3n) is 2.10. The first kappa shape index (κ1) is 10.9. The molecule has 0 unspecified atom stereocenters. The molecule has 0 amide bonds. The Morgan fingerprint density at radius 3 is 2.75 bits per heavy atom. The van der Waals surface area contributed by atoms with Crippen molar-refractivity contribution in [3.63, 3.8) is 0 Å². The number of aldehydes is 1. The van der Waals surface area contributed by atoms with E-state index in [1.165, 1.54) is 0 Å². The van der Waals surface area contributed by atoms with Crippen molar-refractivity contribution >= 4 is 17.6 Å². The van der Waals surface area contributed by atoms with Crippen LogP contribution in [0.5, 0.6) is 0 Å². The number of carbonyl (C=O) groups excluding carboxylic acids is 1. The third-order valence-corrected chi connectivity index (χ3v) is 3.21. The molecule has 0 aliphatic rings. The predicted molar refractivity (Wildman–Crippen MR) is 57.6 cm³/mol. The highest BCUT2D eigenvalue weighted by Gasteiger charge is 2.13. The largest absolute Gasteiger partial charge is 0.297 e. The van der Waals surface area contributed by atoms with E-state index in [0.29, 0.717) is 21.9 Å². The molecule has 0 saturated carbocycles. The van der Waals surface area contributed by atoms with Crippen LogP contribution in [-0.4, -0.2) is 11.3 Å².